The third kappa shape index (κ3) is 2.01. The van der Waals surface area contributed by atoms with Crippen LogP contribution in [0.1, 0.15) is 11.7 Å². The van der Waals surface area contributed by atoms with E-state index >= 15 is 0 Å². The van der Waals surface area contributed by atoms with Gasteiger partial charge in [-0.3, -0.25) is 10.1 Å². The molecule has 1 N–H and O–H groups in total. The fraction of sp³-hybridized carbons (Fsp3) is 0.273. The lowest BCUT2D eigenvalue weighted by atomic mass is 10.1. The Labute approximate surface area is 97.5 Å². The van der Waals surface area contributed by atoms with Crippen molar-refractivity contribution in [2.24, 2.45) is 0 Å². The van der Waals surface area contributed by atoms with Crippen LogP contribution in [0.15, 0.2) is 18.2 Å². The quantitative estimate of drug-likeness (QED) is 0.849. The van der Waals surface area contributed by atoms with Crippen LogP contribution >= 0.6 is 0 Å². The molecule has 0 saturated carbocycles. The first-order valence-electron chi connectivity index (χ1n) is 4.89. The number of alkyl carbamates (subject to hydrolysis) is 1. The van der Waals surface area contributed by atoms with E-state index in [1.807, 2.05) is 0 Å². The Bertz CT molecular complexity index is 471. The van der Waals surface area contributed by atoms with Gasteiger partial charge >= 0.3 is 6.09 Å². The van der Waals surface area contributed by atoms with Crippen molar-refractivity contribution >= 4 is 12.0 Å². The number of benzene rings is 1. The van der Waals surface area contributed by atoms with E-state index in [9.17, 15) is 9.59 Å². The maximum absolute atomic E-state index is 11.5. The summed E-state index contributed by atoms with van der Waals surface area (Å²) in [6, 6.07) is 4.91. The van der Waals surface area contributed by atoms with E-state index in [0.717, 1.165) is 0 Å². The minimum absolute atomic E-state index is 0.430. The average Bonchev–Trinajstić information content (AvgIpc) is 2.67. The van der Waals surface area contributed by atoms with Crippen LogP contribution in [0.3, 0.4) is 0 Å². The molecule has 90 valence electrons. The van der Waals surface area contributed by atoms with Crippen LogP contribution < -0.4 is 14.8 Å². The third-order valence-electron chi connectivity index (χ3n) is 2.41. The summed E-state index contributed by atoms with van der Waals surface area (Å²) in [6.07, 6.45) is -1.72. The number of methoxy groups -OCH3 is 2. The fourth-order valence-electron chi connectivity index (χ4n) is 1.60. The van der Waals surface area contributed by atoms with Gasteiger partial charge in [0, 0.05) is 11.6 Å². The molecule has 1 aliphatic rings. The maximum atomic E-state index is 11.5. The molecular weight excluding hydrogens is 226 g/mol. The predicted molar refractivity (Wildman–Crippen MR) is 56.9 cm³/mol. The van der Waals surface area contributed by atoms with Crippen molar-refractivity contribution in [3.63, 3.8) is 0 Å². The molecule has 1 aromatic carbocycles. The van der Waals surface area contributed by atoms with Crippen molar-refractivity contribution in [3.05, 3.63) is 23.8 Å². The maximum Gasteiger partial charge on any atom is 0.415 e. The van der Waals surface area contributed by atoms with E-state index in [1.165, 1.54) is 14.2 Å². The number of carbonyl (C=O) groups excluding carboxylic acids is 2. The van der Waals surface area contributed by atoms with Gasteiger partial charge in [-0.05, 0) is 12.1 Å². The van der Waals surface area contributed by atoms with Gasteiger partial charge in [-0.2, -0.15) is 0 Å². The van der Waals surface area contributed by atoms with E-state index in [2.05, 4.69) is 5.32 Å². The second-order valence-electron chi connectivity index (χ2n) is 3.38. The highest BCUT2D eigenvalue weighted by Crippen LogP contribution is 2.33. The van der Waals surface area contributed by atoms with Crippen LogP contribution in [-0.2, 0) is 9.53 Å². The molecule has 0 aromatic heterocycles. The zero-order valence-corrected chi connectivity index (χ0v) is 9.35. The highest BCUT2D eigenvalue weighted by molar-refractivity contribution is 6.00. The van der Waals surface area contributed by atoms with Gasteiger partial charge in [0.25, 0.3) is 5.91 Å². The van der Waals surface area contributed by atoms with Crippen LogP contribution in [0.2, 0.25) is 0 Å². The van der Waals surface area contributed by atoms with Crippen molar-refractivity contribution in [2.75, 3.05) is 14.2 Å². The van der Waals surface area contributed by atoms with E-state index in [1.54, 1.807) is 18.2 Å². The molecule has 1 fully saturated rings. The van der Waals surface area contributed by atoms with Crippen LogP contribution in [0.25, 0.3) is 0 Å². The molecule has 0 spiro atoms. The van der Waals surface area contributed by atoms with Crippen LogP contribution in [0.5, 0.6) is 11.5 Å². The van der Waals surface area contributed by atoms with Gasteiger partial charge in [0.05, 0.1) is 14.2 Å². The number of hydrogen-bond acceptors (Lipinski definition) is 5. The number of ether oxygens (including phenoxy) is 3. The standard InChI is InChI=1S/C11H11NO5/c1-15-6-3-4-7(8(5-6)16-2)9-10(13)12-11(14)17-9/h3-5,9H,1-2H3,(H,12,13,14). The Morgan fingerprint density at radius 1 is 1.24 bits per heavy atom. The van der Waals surface area contributed by atoms with Crippen molar-refractivity contribution in [3.8, 4) is 11.5 Å². The molecule has 0 bridgehead atoms. The summed E-state index contributed by atoms with van der Waals surface area (Å²) < 4.78 is 15.0. The number of cyclic esters (lactones) is 1. The van der Waals surface area contributed by atoms with E-state index in [-0.39, 0.29) is 0 Å². The monoisotopic (exact) mass is 237 g/mol. The lowest BCUT2D eigenvalue weighted by Gasteiger charge is -2.12. The molecule has 2 amide bonds. The van der Waals surface area contributed by atoms with Crippen molar-refractivity contribution < 1.29 is 23.8 Å². The third-order valence-corrected chi connectivity index (χ3v) is 2.41. The molecule has 1 aromatic rings. The molecule has 0 aliphatic carbocycles. The highest BCUT2D eigenvalue weighted by Gasteiger charge is 2.35. The molecule has 17 heavy (non-hydrogen) atoms. The number of hydrogen-bond donors (Lipinski definition) is 1. The van der Waals surface area contributed by atoms with Gasteiger partial charge in [-0.25, -0.2) is 4.79 Å². The van der Waals surface area contributed by atoms with Crippen molar-refractivity contribution in [1.29, 1.82) is 0 Å². The molecule has 1 saturated heterocycles. The summed E-state index contributed by atoms with van der Waals surface area (Å²) in [5.41, 5.74) is 0.483. The molecule has 6 heteroatoms. The number of imide groups is 1. The first-order valence-corrected chi connectivity index (χ1v) is 4.89. The Kier molecular flexibility index (Phi) is 2.86. The Morgan fingerprint density at radius 3 is 2.53 bits per heavy atom. The fourth-order valence-corrected chi connectivity index (χ4v) is 1.60. The number of rotatable bonds is 3. The molecule has 2 rings (SSSR count). The topological polar surface area (TPSA) is 73.9 Å². The summed E-state index contributed by atoms with van der Waals surface area (Å²) >= 11 is 0. The summed E-state index contributed by atoms with van der Waals surface area (Å²) in [5.74, 6) is 0.521. The van der Waals surface area contributed by atoms with Gasteiger partial charge in [0.2, 0.25) is 6.10 Å². The smallest absolute Gasteiger partial charge is 0.415 e. The lowest BCUT2D eigenvalue weighted by Crippen LogP contribution is -2.20. The number of carbonyl (C=O) groups is 2. The van der Waals surface area contributed by atoms with Gasteiger partial charge in [0.15, 0.2) is 0 Å². The SMILES string of the molecule is COc1ccc(C2OC(=O)NC2=O)c(OC)c1. The van der Waals surface area contributed by atoms with Crippen molar-refractivity contribution in [1.82, 2.24) is 5.32 Å². The van der Waals surface area contributed by atoms with E-state index in [4.69, 9.17) is 14.2 Å². The second kappa shape index (κ2) is 4.32. The predicted octanol–water partition coefficient (Wildman–Crippen LogP) is 1.01. The van der Waals surface area contributed by atoms with Gasteiger partial charge in [-0.1, -0.05) is 0 Å². The largest absolute Gasteiger partial charge is 0.497 e. The second-order valence-corrected chi connectivity index (χ2v) is 3.38. The number of amides is 2. The first-order chi connectivity index (χ1) is 8.15. The Morgan fingerprint density at radius 2 is 2.00 bits per heavy atom. The lowest BCUT2D eigenvalue weighted by molar-refractivity contribution is -0.123. The Hall–Kier alpha value is -2.24. The van der Waals surface area contributed by atoms with Gasteiger partial charge in [-0.15, -0.1) is 0 Å². The van der Waals surface area contributed by atoms with E-state index < -0.39 is 18.1 Å². The molecule has 1 aliphatic heterocycles. The molecule has 1 unspecified atom stereocenters. The zero-order chi connectivity index (χ0) is 12.4. The van der Waals surface area contributed by atoms with E-state index in [0.29, 0.717) is 17.1 Å². The van der Waals surface area contributed by atoms with Crippen LogP contribution in [0.4, 0.5) is 4.79 Å². The highest BCUT2D eigenvalue weighted by atomic mass is 16.6. The van der Waals surface area contributed by atoms with Gasteiger partial charge < -0.3 is 14.2 Å². The summed E-state index contributed by atoms with van der Waals surface area (Å²) in [6.45, 7) is 0. The normalized spacial score (nSPS) is 18.6. The molecule has 1 heterocycles. The van der Waals surface area contributed by atoms with Gasteiger partial charge in [0.1, 0.15) is 11.5 Å². The average molecular weight is 237 g/mol. The summed E-state index contributed by atoms with van der Waals surface area (Å²) in [5, 5.41) is 2.06. The molecule has 0 radical (unpaired) electrons. The minimum Gasteiger partial charge on any atom is -0.497 e. The molecular formula is C11H11NO5. The Balaban J connectivity index is 2.38. The first kappa shape index (κ1) is 11.3. The molecule has 6 nitrogen and oxygen atoms in total. The van der Waals surface area contributed by atoms with Crippen LogP contribution in [0, 0.1) is 0 Å². The van der Waals surface area contributed by atoms with Crippen LogP contribution in [-0.4, -0.2) is 26.2 Å². The summed E-state index contributed by atoms with van der Waals surface area (Å²) in [7, 11) is 2.99. The zero-order valence-electron chi connectivity index (χ0n) is 9.35. The van der Waals surface area contributed by atoms with Crippen molar-refractivity contribution in [2.45, 2.75) is 6.10 Å². The summed E-state index contributed by atoms with van der Waals surface area (Å²) in [4.78, 5) is 22.4. The number of nitrogens with one attached hydrogen (secondary N) is 1. The molecule has 1 atom stereocenters. The minimum atomic E-state index is -0.969.